The van der Waals surface area contributed by atoms with Gasteiger partial charge in [0.1, 0.15) is 17.8 Å². The topological polar surface area (TPSA) is 87.9 Å². The molecule has 5 rings (SSSR count). The van der Waals surface area contributed by atoms with Gasteiger partial charge < -0.3 is 24.2 Å². The Labute approximate surface area is 194 Å². The number of amides is 2. The lowest BCUT2D eigenvalue weighted by molar-refractivity contribution is -0.138. The third-order valence-corrected chi connectivity index (χ3v) is 7.23. The maximum absolute atomic E-state index is 13.4. The van der Waals surface area contributed by atoms with E-state index in [1.54, 1.807) is 4.90 Å². The molecule has 2 heterocycles. The fraction of sp³-hybridized carbons (Fsp3) is 0.640. The van der Waals surface area contributed by atoms with Crippen LogP contribution in [0.15, 0.2) is 12.1 Å². The Morgan fingerprint density at radius 3 is 2.48 bits per heavy atom. The highest BCUT2D eigenvalue weighted by Gasteiger charge is 2.35. The van der Waals surface area contributed by atoms with E-state index in [1.165, 1.54) is 18.4 Å². The molecule has 8 heteroatoms. The van der Waals surface area contributed by atoms with Crippen molar-refractivity contribution < 1.29 is 19.4 Å². The zero-order valence-corrected chi connectivity index (χ0v) is 19.8. The lowest BCUT2D eigenvalue weighted by Gasteiger charge is -2.41. The van der Waals surface area contributed by atoms with Crippen molar-refractivity contribution in [1.82, 2.24) is 19.4 Å². The number of ether oxygens (including phenoxy) is 1. The third kappa shape index (κ3) is 4.33. The van der Waals surface area contributed by atoms with Crippen molar-refractivity contribution >= 4 is 22.8 Å². The summed E-state index contributed by atoms with van der Waals surface area (Å²) >= 11 is 0. The van der Waals surface area contributed by atoms with Crippen molar-refractivity contribution in [3.63, 3.8) is 0 Å². The van der Waals surface area contributed by atoms with E-state index in [1.807, 2.05) is 30.4 Å². The van der Waals surface area contributed by atoms with Crippen LogP contribution in [0.25, 0.3) is 11.0 Å². The number of hydrogen-bond donors (Lipinski definition) is 1. The predicted octanol–water partition coefficient (Wildman–Crippen LogP) is 2.83. The molecule has 2 amide bonds. The van der Waals surface area contributed by atoms with Crippen LogP contribution in [-0.4, -0.2) is 74.2 Å². The number of hydrogen-bond acceptors (Lipinski definition) is 5. The smallest absolute Gasteiger partial charge is 0.290 e. The zero-order valence-electron chi connectivity index (χ0n) is 19.8. The van der Waals surface area contributed by atoms with Crippen LogP contribution in [0.3, 0.4) is 0 Å². The van der Waals surface area contributed by atoms with Crippen LogP contribution in [0.5, 0.6) is 5.75 Å². The number of aliphatic hydroxyl groups is 1. The van der Waals surface area contributed by atoms with Gasteiger partial charge in [0.25, 0.3) is 5.91 Å². The molecule has 0 spiro atoms. The van der Waals surface area contributed by atoms with Crippen LogP contribution in [-0.2, 0) is 11.8 Å². The highest BCUT2D eigenvalue weighted by molar-refractivity contribution is 5.98. The Morgan fingerprint density at radius 2 is 1.85 bits per heavy atom. The summed E-state index contributed by atoms with van der Waals surface area (Å²) in [7, 11) is 1.86. The van der Waals surface area contributed by atoms with Gasteiger partial charge in [-0.3, -0.25) is 9.59 Å². The molecular formula is C25H34N4O4. The van der Waals surface area contributed by atoms with Crippen molar-refractivity contribution in [3.8, 4) is 5.75 Å². The number of carbonyl (C=O) groups is 2. The molecule has 2 saturated carbocycles. The molecule has 33 heavy (non-hydrogen) atoms. The number of aliphatic hydroxyl groups excluding tert-OH is 1. The van der Waals surface area contributed by atoms with E-state index in [-0.39, 0.29) is 36.6 Å². The molecule has 3 aliphatic rings. The number of aryl methyl sites for hydroxylation is 1. The van der Waals surface area contributed by atoms with E-state index in [0.717, 1.165) is 36.9 Å². The first-order valence-electron chi connectivity index (χ1n) is 12.3. The van der Waals surface area contributed by atoms with Gasteiger partial charge in [0.15, 0.2) is 5.82 Å². The number of carbonyl (C=O) groups excluding carboxylic acids is 2. The van der Waals surface area contributed by atoms with Gasteiger partial charge in [-0.15, -0.1) is 0 Å². The van der Waals surface area contributed by atoms with Crippen molar-refractivity contribution in [2.45, 2.75) is 76.5 Å². The van der Waals surface area contributed by atoms with Crippen molar-refractivity contribution in [2.24, 2.45) is 7.05 Å². The van der Waals surface area contributed by atoms with Gasteiger partial charge in [0.2, 0.25) is 5.91 Å². The second-order valence-electron chi connectivity index (χ2n) is 10.1. The summed E-state index contributed by atoms with van der Waals surface area (Å²) in [6.45, 7) is 5.08. The lowest BCUT2D eigenvalue weighted by atomic mass is 9.91. The predicted molar refractivity (Wildman–Crippen MR) is 124 cm³/mol. The van der Waals surface area contributed by atoms with Crippen LogP contribution in [0.4, 0.5) is 0 Å². The highest BCUT2D eigenvalue weighted by Crippen LogP contribution is 2.43. The first kappa shape index (κ1) is 22.2. The molecule has 3 fully saturated rings. The maximum atomic E-state index is 13.4. The molecule has 1 N–H and O–H groups in total. The molecular weight excluding hydrogens is 420 g/mol. The first-order valence-corrected chi connectivity index (χ1v) is 12.3. The Balaban J connectivity index is 1.37. The van der Waals surface area contributed by atoms with E-state index >= 15 is 0 Å². The summed E-state index contributed by atoms with van der Waals surface area (Å²) in [5.74, 6) is 1.39. The monoisotopic (exact) mass is 454 g/mol. The first-order chi connectivity index (χ1) is 15.8. The van der Waals surface area contributed by atoms with Gasteiger partial charge in [-0.1, -0.05) is 0 Å². The fourth-order valence-corrected chi connectivity index (χ4v) is 5.22. The second-order valence-corrected chi connectivity index (χ2v) is 10.1. The minimum atomic E-state index is -0.248. The Morgan fingerprint density at radius 1 is 1.12 bits per heavy atom. The Kier molecular flexibility index (Phi) is 5.80. The molecule has 0 bridgehead atoms. The van der Waals surface area contributed by atoms with E-state index in [4.69, 9.17) is 9.72 Å². The maximum Gasteiger partial charge on any atom is 0.290 e. The van der Waals surface area contributed by atoms with Crippen LogP contribution >= 0.6 is 0 Å². The molecule has 0 unspecified atom stereocenters. The number of rotatable bonds is 5. The zero-order chi connectivity index (χ0) is 23.3. The van der Waals surface area contributed by atoms with E-state index < -0.39 is 0 Å². The number of benzene rings is 1. The SMILES string of the molecule is CC(C)Oc1cc(C2CC2)cc2c1nc(C(=O)N1CCN(C3CCC(O)CC3)C(=O)C1)n2C. The van der Waals surface area contributed by atoms with E-state index in [9.17, 15) is 14.7 Å². The number of imidazole rings is 1. The molecule has 1 aromatic carbocycles. The molecule has 2 aromatic rings. The largest absolute Gasteiger partial charge is 0.489 e. The standard InChI is InChI=1S/C25H34N4O4/c1-15(2)33-21-13-17(16-4-5-16)12-20-23(21)26-24(27(20)3)25(32)28-10-11-29(22(31)14-28)18-6-8-19(30)9-7-18/h12-13,15-16,18-19,30H,4-11,14H2,1-3H3. The van der Waals surface area contributed by atoms with Crippen LogP contribution in [0.1, 0.15) is 74.5 Å². The van der Waals surface area contributed by atoms with Crippen molar-refractivity contribution in [1.29, 1.82) is 0 Å². The summed E-state index contributed by atoms with van der Waals surface area (Å²) in [6.07, 6.45) is 5.25. The van der Waals surface area contributed by atoms with Crippen LogP contribution in [0, 0.1) is 0 Å². The summed E-state index contributed by atoms with van der Waals surface area (Å²) in [6, 6.07) is 4.38. The molecule has 0 atom stereocenters. The third-order valence-electron chi connectivity index (χ3n) is 7.23. The molecule has 1 saturated heterocycles. The molecule has 8 nitrogen and oxygen atoms in total. The quantitative estimate of drug-likeness (QED) is 0.751. The number of fused-ring (bicyclic) bond motifs is 1. The number of aromatic nitrogens is 2. The number of piperazine rings is 1. The van der Waals surface area contributed by atoms with E-state index in [2.05, 4.69) is 12.1 Å². The molecule has 2 aliphatic carbocycles. The minimum absolute atomic E-state index is 0.00964. The highest BCUT2D eigenvalue weighted by atomic mass is 16.5. The van der Waals surface area contributed by atoms with Crippen LogP contribution in [0.2, 0.25) is 0 Å². The normalized spacial score (nSPS) is 24.1. The minimum Gasteiger partial charge on any atom is -0.489 e. The molecule has 0 radical (unpaired) electrons. The second kappa shape index (κ2) is 8.63. The Bertz CT molecular complexity index is 1070. The summed E-state index contributed by atoms with van der Waals surface area (Å²) in [5.41, 5.74) is 2.83. The van der Waals surface area contributed by atoms with Gasteiger partial charge >= 0.3 is 0 Å². The summed E-state index contributed by atoms with van der Waals surface area (Å²) < 4.78 is 7.91. The average Bonchev–Trinajstić information content (AvgIpc) is 3.58. The van der Waals surface area contributed by atoms with Gasteiger partial charge in [-0.25, -0.2) is 4.98 Å². The fourth-order valence-electron chi connectivity index (χ4n) is 5.22. The molecule has 1 aromatic heterocycles. The summed E-state index contributed by atoms with van der Waals surface area (Å²) in [5, 5.41) is 9.76. The van der Waals surface area contributed by atoms with Gasteiger partial charge in [0.05, 0.1) is 17.7 Å². The number of nitrogens with zero attached hydrogens (tertiary/aromatic N) is 4. The molecule has 178 valence electrons. The van der Waals surface area contributed by atoms with Crippen LogP contribution < -0.4 is 4.74 Å². The average molecular weight is 455 g/mol. The summed E-state index contributed by atoms with van der Waals surface area (Å²) in [4.78, 5) is 34.5. The van der Waals surface area contributed by atoms with E-state index in [0.29, 0.717) is 30.3 Å². The van der Waals surface area contributed by atoms with Gasteiger partial charge in [0, 0.05) is 26.2 Å². The van der Waals surface area contributed by atoms with Gasteiger partial charge in [-0.05, 0) is 76.0 Å². The molecule has 1 aliphatic heterocycles. The van der Waals surface area contributed by atoms with Gasteiger partial charge in [-0.2, -0.15) is 0 Å². The van der Waals surface area contributed by atoms with Crippen molar-refractivity contribution in [2.75, 3.05) is 19.6 Å². The Hall–Kier alpha value is -2.61. The lowest BCUT2D eigenvalue weighted by Crippen LogP contribution is -2.56. The van der Waals surface area contributed by atoms with Crippen molar-refractivity contribution in [3.05, 3.63) is 23.5 Å².